The van der Waals surface area contributed by atoms with E-state index in [9.17, 15) is 8.42 Å². The van der Waals surface area contributed by atoms with Crippen LogP contribution in [0.15, 0.2) is 23.1 Å². The molecule has 0 unspecified atom stereocenters. The minimum atomic E-state index is -3.75. The summed E-state index contributed by atoms with van der Waals surface area (Å²) in [5.74, 6) is 0.682. The van der Waals surface area contributed by atoms with Crippen LogP contribution in [-0.2, 0) is 10.0 Å². The summed E-state index contributed by atoms with van der Waals surface area (Å²) in [6.07, 6.45) is 0. The predicted molar refractivity (Wildman–Crippen MR) is 50.9 cm³/mol. The number of sulfonamides is 1. The molecule has 0 aliphatic rings. The summed E-state index contributed by atoms with van der Waals surface area (Å²) < 4.78 is 31.9. The normalized spacial score (nSPS) is 11.1. The van der Waals surface area contributed by atoms with Gasteiger partial charge < -0.3 is 9.47 Å². The molecule has 0 saturated heterocycles. The number of benzene rings is 1. The Balaban J connectivity index is 3.33. The number of hydrogen-bond donors (Lipinski definition) is 1. The van der Waals surface area contributed by atoms with Gasteiger partial charge in [0.25, 0.3) is 0 Å². The molecule has 0 fully saturated rings. The number of nitrogens with two attached hydrogens (primary N) is 1. The van der Waals surface area contributed by atoms with E-state index in [0.717, 1.165) is 0 Å². The third-order valence-electron chi connectivity index (χ3n) is 1.68. The van der Waals surface area contributed by atoms with Gasteiger partial charge in [0.2, 0.25) is 10.0 Å². The summed E-state index contributed by atoms with van der Waals surface area (Å²) in [5, 5.41) is 4.98. The molecule has 0 radical (unpaired) electrons. The lowest BCUT2D eigenvalue weighted by Crippen LogP contribution is -2.13. The maximum absolute atomic E-state index is 11.1. The fourth-order valence-electron chi connectivity index (χ4n) is 1.01. The topological polar surface area (TPSA) is 78.6 Å². The van der Waals surface area contributed by atoms with Crippen molar-refractivity contribution in [2.45, 2.75) is 4.90 Å². The monoisotopic (exact) mass is 217 g/mol. The highest BCUT2D eigenvalue weighted by atomic mass is 32.2. The van der Waals surface area contributed by atoms with Crippen LogP contribution in [0.25, 0.3) is 0 Å². The van der Waals surface area contributed by atoms with Gasteiger partial charge in [-0.05, 0) is 12.1 Å². The van der Waals surface area contributed by atoms with E-state index in [1.807, 2.05) is 0 Å². The minimum absolute atomic E-state index is 0.0548. The van der Waals surface area contributed by atoms with Crippen molar-refractivity contribution in [3.8, 4) is 11.5 Å². The van der Waals surface area contributed by atoms with Gasteiger partial charge in [0.05, 0.1) is 14.2 Å². The van der Waals surface area contributed by atoms with Crippen LogP contribution in [0.1, 0.15) is 0 Å². The molecule has 0 aliphatic carbocycles. The molecule has 0 aliphatic heterocycles. The lowest BCUT2D eigenvalue weighted by Gasteiger charge is -2.07. The first-order valence-corrected chi connectivity index (χ1v) is 5.28. The second-order valence-corrected chi connectivity index (χ2v) is 4.09. The molecule has 0 amide bonds. The van der Waals surface area contributed by atoms with Gasteiger partial charge in [0.1, 0.15) is 16.4 Å². The highest BCUT2D eigenvalue weighted by Gasteiger charge is 2.14. The SMILES string of the molecule is COc1ccc(S(N)(=O)=O)c(OC)c1. The Kier molecular flexibility index (Phi) is 2.97. The van der Waals surface area contributed by atoms with Gasteiger partial charge >= 0.3 is 0 Å². The maximum atomic E-state index is 11.1. The Morgan fingerprint density at radius 2 is 1.86 bits per heavy atom. The van der Waals surface area contributed by atoms with Crippen LogP contribution in [0.5, 0.6) is 11.5 Å². The van der Waals surface area contributed by atoms with E-state index in [0.29, 0.717) is 5.75 Å². The Morgan fingerprint density at radius 3 is 2.29 bits per heavy atom. The molecule has 0 bridgehead atoms. The summed E-state index contributed by atoms with van der Waals surface area (Å²) >= 11 is 0. The molecule has 0 saturated carbocycles. The lowest BCUT2D eigenvalue weighted by atomic mass is 10.3. The first-order valence-electron chi connectivity index (χ1n) is 3.74. The molecular formula is C8H11NO4S. The zero-order chi connectivity index (χ0) is 10.8. The minimum Gasteiger partial charge on any atom is -0.497 e. The summed E-state index contributed by atoms with van der Waals surface area (Å²) in [4.78, 5) is -0.0548. The highest BCUT2D eigenvalue weighted by molar-refractivity contribution is 7.89. The summed E-state index contributed by atoms with van der Waals surface area (Å²) in [7, 11) is -0.909. The van der Waals surface area contributed by atoms with Crippen LogP contribution in [0, 0.1) is 0 Å². The lowest BCUT2D eigenvalue weighted by molar-refractivity contribution is 0.386. The van der Waals surface area contributed by atoms with Crippen LogP contribution in [0.4, 0.5) is 0 Å². The Labute approximate surface area is 82.5 Å². The first-order chi connectivity index (χ1) is 6.49. The summed E-state index contributed by atoms with van der Waals surface area (Å²) in [6.45, 7) is 0. The molecule has 2 N–H and O–H groups in total. The van der Waals surface area contributed by atoms with Gasteiger partial charge in [-0.25, -0.2) is 13.6 Å². The zero-order valence-corrected chi connectivity index (χ0v) is 8.67. The van der Waals surface area contributed by atoms with Crippen molar-refractivity contribution in [1.29, 1.82) is 0 Å². The number of rotatable bonds is 3. The van der Waals surface area contributed by atoms with Crippen LogP contribution in [-0.4, -0.2) is 22.6 Å². The molecule has 0 heterocycles. The Bertz CT molecular complexity index is 427. The van der Waals surface area contributed by atoms with Crippen LogP contribution in [0.3, 0.4) is 0 Å². The maximum Gasteiger partial charge on any atom is 0.241 e. The van der Waals surface area contributed by atoms with E-state index in [-0.39, 0.29) is 10.6 Å². The quantitative estimate of drug-likeness (QED) is 0.792. The molecule has 1 aromatic rings. The van der Waals surface area contributed by atoms with Gasteiger partial charge in [-0.3, -0.25) is 0 Å². The van der Waals surface area contributed by atoms with E-state index in [2.05, 4.69) is 0 Å². The number of hydrogen-bond acceptors (Lipinski definition) is 4. The van der Waals surface area contributed by atoms with Gasteiger partial charge in [-0.2, -0.15) is 0 Å². The molecule has 0 atom stereocenters. The van der Waals surface area contributed by atoms with Crippen molar-refractivity contribution in [2.75, 3.05) is 14.2 Å². The first kappa shape index (κ1) is 10.8. The van der Waals surface area contributed by atoms with Crippen molar-refractivity contribution < 1.29 is 17.9 Å². The van der Waals surface area contributed by atoms with E-state index in [4.69, 9.17) is 14.6 Å². The summed E-state index contributed by atoms with van der Waals surface area (Å²) in [5.41, 5.74) is 0. The molecule has 1 rings (SSSR count). The molecule has 0 aromatic heterocycles. The number of methoxy groups -OCH3 is 2. The average Bonchev–Trinajstić information content (AvgIpc) is 2.15. The predicted octanol–water partition coefficient (Wildman–Crippen LogP) is 0.351. The standard InChI is InChI=1S/C8H11NO4S/c1-12-6-3-4-8(14(9,10)11)7(5-6)13-2/h3-5H,1-2H3,(H2,9,10,11). The van der Waals surface area contributed by atoms with E-state index in [1.165, 1.54) is 32.4 Å². The van der Waals surface area contributed by atoms with Crippen LogP contribution in [0.2, 0.25) is 0 Å². The van der Waals surface area contributed by atoms with Gasteiger partial charge in [-0.1, -0.05) is 0 Å². The van der Waals surface area contributed by atoms with Crippen LogP contribution >= 0.6 is 0 Å². The van der Waals surface area contributed by atoms with E-state index >= 15 is 0 Å². The summed E-state index contributed by atoms with van der Waals surface area (Å²) in [6, 6.07) is 4.30. The molecule has 1 aromatic carbocycles. The van der Waals surface area contributed by atoms with Crippen LogP contribution < -0.4 is 14.6 Å². The van der Waals surface area contributed by atoms with E-state index < -0.39 is 10.0 Å². The van der Waals surface area contributed by atoms with E-state index in [1.54, 1.807) is 0 Å². The number of ether oxygens (including phenoxy) is 2. The number of primary sulfonamides is 1. The van der Waals surface area contributed by atoms with Gasteiger partial charge in [-0.15, -0.1) is 0 Å². The highest BCUT2D eigenvalue weighted by Crippen LogP contribution is 2.27. The van der Waals surface area contributed by atoms with Crippen molar-refractivity contribution >= 4 is 10.0 Å². The average molecular weight is 217 g/mol. The molecule has 5 nitrogen and oxygen atoms in total. The third kappa shape index (κ3) is 2.15. The van der Waals surface area contributed by atoms with Gasteiger partial charge in [0, 0.05) is 6.07 Å². The molecule has 6 heteroatoms. The zero-order valence-electron chi connectivity index (χ0n) is 7.85. The Morgan fingerprint density at radius 1 is 1.21 bits per heavy atom. The van der Waals surface area contributed by atoms with Gasteiger partial charge in [0.15, 0.2) is 0 Å². The third-order valence-corrected chi connectivity index (χ3v) is 2.63. The van der Waals surface area contributed by atoms with Crippen molar-refractivity contribution in [3.05, 3.63) is 18.2 Å². The van der Waals surface area contributed by atoms with Crippen molar-refractivity contribution in [3.63, 3.8) is 0 Å². The molecule has 78 valence electrons. The molecule has 0 spiro atoms. The second-order valence-electron chi connectivity index (χ2n) is 2.56. The van der Waals surface area contributed by atoms with Crippen molar-refractivity contribution in [1.82, 2.24) is 0 Å². The fourth-order valence-corrected chi connectivity index (χ4v) is 1.69. The van der Waals surface area contributed by atoms with Crippen molar-refractivity contribution in [2.24, 2.45) is 5.14 Å². The Hall–Kier alpha value is -1.27. The smallest absolute Gasteiger partial charge is 0.241 e. The fraction of sp³-hybridized carbons (Fsp3) is 0.250. The molecule has 14 heavy (non-hydrogen) atoms. The molecular weight excluding hydrogens is 206 g/mol. The second kappa shape index (κ2) is 3.85. The largest absolute Gasteiger partial charge is 0.497 e.